The molecule has 0 aromatic heterocycles. The summed E-state index contributed by atoms with van der Waals surface area (Å²) in [6.45, 7) is 1.10. The molecule has 1 N–H and O–H groups in total. The van der Waals surface area contributed by atoms with E-state index >= 15 is 0 Å². The summed E-state index contributed by atoms with van der Waals surface area (Å²) in [5, 5.41) is 2.85. The number of likely N-dealkylation sites (N-methyl/N-ethyl adjacent to an activating group) is 1. The van der Waals surface area contributed by atoms with Crippen LogP contribution in [-0.4, -0.2) is 51.0 Å². The average Bonchev–Trinajstić information content (AvgIpc) is 2.73. The van der Waals surface area contributed by atoms with Gasteiger partial charge < -0.3 is 10.2 Å². The van der Waals surface area contributed by atoms with Gasteiger partial charge >= 0.3 is 0 Å². The van der Waals surface area contributed by atoms with E-state index in [-0.39, 0.29) is 28.7 Å². The van der Waals surface area contributed by atoms with E-state index < -0.39 is 40.2 Å². The first-order valence-electron chi connectivity index (χ1n) is 9.66. The van der Waals surface area contributed by atoms with Gasteiger partial charge in [-0.25, -0.2) is 12.8 Å². The zero-order valence-corrected chi connectivity index (χ0v) is 20.1. The van der Waals surface area contributed by atoms with Gasteiger partial charge in [-0.05, 0) is 42.3 Å². The lowest BCUT2D eigenvalue weighted by atomic mass is 10.1. The third kappa shape index (κ3) is 6.57. The molecule has 0 bridgehead atoms. The first-order chi connectivity index (χ1) is 15.0. The minimum Gasteiger partial charge on any atom is -0.357 e. The molecule has 0 aliphatic heterocycles. The topological polar surface area (TPSA) is 86.8 Å². The van der Waals surface area contributed by atoms with Gasteiger partial charge in [0.25, 0.3) is 0 Å². The fourth-order valence-corrected chi connectivity index (χ4v) is 4.43. The van der Waals surface area contributed by atoms with Gasteiger partial charge in [-0.1, -0.05) is 42.3 Å². The third-order valence-corrected chi connectivity index (χ3v) is 6.44. The van der Waals surface area contributed by atoms with Crippen molar-refractivity contribution in [2.75, 3.05) is 24.2 Å². The van der Waals surface area contributed by atoms with E-state index in [2.05, 4.69) is 5.32 Å². The van der Waals surface area contributed by atoms with E-state index in [0.717, 1.165) is 10.6 Å². The van der Waals surface area contributed by atoms with Crippen molar-refractivity contribution in [3.05, 3.63) is 63.9 Å². The van der Waals surface area contributed by atoms with Crippen molar-refractivity contribution in [1.82, 2.24) is 10.2 Å². The van der Waals surface area contributed by atoms with E-state index in [1.807, 2.05) is 0 Å². The van der Waals surface area contributed by atoms with Crippen molar-refractivity contribution < 1.29 is 22.4 Å². The van der Waals surface area contributed by atoms with Crippen molar-refractivity contribution >= 4 is 50.7 Å². The average molecular weight is 504 g/mol. The molecule has 0 heterocycles. The highest BCUT2D eigenvalue weighted by molar-refractivity contribution is 7.92. The van der Waals surface area contributed by atoms with Crippen molar-refractivity contribution in [2.45, 2.75) is 25.9 Å². The zero-order valence-electron chi connectivity index (χ0n) is 17.8. The highest BCUT2D eigenvalue weighted by Gasteiger charge is 2.32. The predicted octanol–water partition coefficient (Wildman–Crippen LogP) is 3.45. The Morgan fingerprint density at radius 2 is 1.75 bits per heavy atom. The van der Waals surface area contributed by atoms with Gasteiger partial charge in [-0.3, -0.25) is 13.9 Å². The SMILES string of the molecule is CCC(C(=O)NC)N(Cc1ccc(F)cc1)C(=O)CN(c1cc(Cl)ccc1Cl)S(C)(=O)=O. The summed E-state index contributed by atoms with van der Waals surface area (Å²) < 4.78 is 39.2. The molecule has 1 atom stereocenters. The minimum atomic E-state index is -3.93. The van der Waals surface area contributed by atoms with Gasteiger partial charge in [0.2, 0.25) is 21.8 Å². The largest absolute Gasteiger partial charge is 0.357 e. The molecule has 0 aliphatic carbocycles. The van der Waals surface area contributed by atoms with E-state index in [1.165, 1.54) is 54.4 Å². The van der Waals surface area contributed by atoms with E-state index in [1.54, 1.807) is 6.92 Å². The molecule has 32 heavy (non-hydrogen) atoms. The molecule has 2 aromatic carbocycles. The van der Waals surface area contributed by atoms with Gasteiger partial charge in [0, 0.05) is 18.6 Å². The molecule has 0 aliphatic rings. The van der Waals surface area contributed by atoms with E-state index in [9.17, 15) is 22.4 Å². The quantitative estimate of drug-likeness (QED) is 0.567. The van der Waals surface area contributed by atoms with Gasteiger partial charge in [0.15, 0.2) is 0 Å². The summed E-state index contributed by atoms with van der Waals surface area (Å²) in [6, 6.07) is 8.88. The van der Waals surface area contributed by atoms with Crippen LogP contribution < -0.4 is 9.62 Å². The first kappa shape index (κ1) is 25.9. The number of nitrogens with zero attached hydrogens (tertiary/aromatic N) is 2. The molecule has 1 unspecified atom stereocenters. The second-order valence-electron chi connectivity index (χ2n) is 7.05. The Morgan fingerprint density at radius 3 is 2.28 bits per heavy atom. The lowest BCUT2D eigenvalue weighted by Crippen LogP contribution is -2.51. The number of carbonyl (C=O) groups is 2. The van der Waals surface area contributed by atoms with Crippen LogP contribution in [-0.2, 0) is 26.2 Å². The molecule has 11 heteroatoms. The maximum atomic E-state index is 13.4. The third-order valence-electron chi connectivity index (χ3n) is 4.75. The Balaban J connectivity index is 2.46. The maximum Gasteiger partial charge on any atom is 0.244 e. The molecule has 2 amide bonds. The summed E-state index contributed by atoms with van der Waals surface area (Å²) >= 11 is 12.2. The Labute approximate surface area is 197 Å². The van der Waals surface area contributed by atoms with Crippen LogP contribution in [0.25, 0.3) is 0 Å². The Hall–Kier alpha value is -2.36. The second kappa shape index (κ2) is 11.0. The van der Waals surface area contributed by atoms with Crippen LogP contribution in [0.2, 0.25) is 10.0 Å². The van der Waals surface area contributed by atoms with Crippen LogP contribution in [0.15, 0.2) is 42.5 Å². The Kier molecular flexibility index (Phi) is 8.89. The fraction of sp³-hybridized carbons (Fsp3) is 0.333. The highest BCUT2D eigenvalue weighted by Crippen LogP contribution is 2.31. The van der Waals surface area contributed by atoms with Gasteiger partial charge in [-0.2, -0.15) is 0 Å². The summed E-state index contributed by atoms with van der Waals surface area (Å²) in [5.41, 5.74) is 0.624. The number of sulfonamides is 1. The molecule has 174 valence electrons. The molecular weight excluding hydrogens is 480 g/mol. The second-order valence-corrected chi connectivity index (χ2v) is 9.80. The lowest BCUT2D eigenvalue weighted by molar-refractivity contribution is -0.140. The molecular formula is C21H24Cl2FN3O4S. The lowest BCUT2D eigenvalue weighted by Gasteiger charge is -2.32. The fourth-order valence-electron chi connectivity index (χ4n) is 3.14. The molecule has 2 aromatic rings. The van der Waals surface area contributed by atoms with Crippen LogP contribution in [0.3, 0.4) is 0 Å². The molecule has 7 nitrogen and oxygen atoms in total. The van der Waals surface area contributed by atoms with Crippen LogP contribution in [0.5, 0.6) is 0 Å². The number of hydrogen-bond donors (Lipinski definition) is 1. The molecule has 0 radical (unpaired) electrons. The summed E-state index contributed by atoms with van der Waals surface area (Å²) in [4.78, 5) is 27.1. The molecule has 0 fully saturated rings. The van der Waals surface area contributed by atoms with Gasteiger partial charge in [0.1, 0.15) is 18.4 Å². The molecule has 0 saturated carbocycles. The van der Waals surface area contributed by atoms with Crippen LogP contribution >= 0.6 is 23.2 Å². The highest BCUT2D eigenvalue weighted by atomic mass is 35.5. The first-order valence-corrected chi connectivity index (χ1v) is 12.3. The van der Waals surface area contributed by atoms with E-state index in [4.69, 9.17) is 23.2 Å². The Morgan fingerprint density at radius 1 is 1.12 bits per heavy atom. The van der Waals surface area contributed by atoms with Gasteiger partial charge in [0.05, 0.1) is 17.0 Å². The van der Waals surface area contributed by atoms with Crippen molar-refractivity contribution in [3.63, 3.8) is 0 Å². The van der Waals surface area contributed by atoms with Crippen molar-refractivity contribution in [3.8, 4) is 0 Å². The van der Waals surface area contributed by atoms with E-state index in [0.29, 0.717) is 5.56 Å². The maximum absolute atomic E-state index is 13.4. The monoisotopic (exact) mass is 503 g/mol. The summed E-state index contributed by atoms with van der Waals surface area (Å²) in [6.07, 6.45) is 1.22. The Bertz CT molecular complexity index is 1080. The minimum absolute atomic E-state index is 0.0219. The predicted molar refractivity (Wildman–Crippen MR) is 124 cm³/mol. The normalized spacial score (nSPS) is 12.2. The number of hydrogen-bond acceptors (Lipinski definition) is 4. The molecule has 0 spiro atoms. The van der Waals surface area contributed by atoms with Crippen molar-refractivity contribution in [2.24, 2.45) is 0 Å². The number of benzene rings is 2. The summed E-state index contributed by atoms with van der Waals surface area (Å²) in [7, 11) is -2.49. The number of halogens is 3. The van der Waals surface area contributed by atoms with Crippen LogP contribution in [0.4, 0.5) is 10.1 Å². The summed E-state index contributed by atoms with van der Waals surface area (Å²) in [5.74, 6) is -1.48. The van der Waals surface area contributed by atoms with Crippen molar-refractivity contribution in [1.29, 1.82) is 0 Å². The number of rotatable bonds is 9. The molecule has 2 rings (SSSR count). The number of carbonyl (C=O) groups excluding carboxylic acids is 2. The standard InChI is InChI=1S/C21H24Cl2FN3O4S/c1-4-18(21(29)25-2)26(12-14-5-8-16(24)9-6-14)20(28)13-27(32(3,30)31)19-11-15(22)7-10-17(19)23/h5-11,18H,4,12-13H2,1-3H3,(H,25,29). The van der Waals surface area contributed by atoms with Crippen LogP contribution in [0, 0.1) is 5.82 Å². The number of nitrogens with one attached hydrogen (secondary N) is 1. The smallest absolute Gasteiger partial charge is 0.244 e. The number of amides is 2. The number of anilines is 1. The zero-order chi connectivity index (χ0) is 24.1. The van der Waals surface area contributed by atoms with Crippen LogP contribution in [0.1, 0.15) is 18.9 Å². The molecule has 0 saturated heterocycles. The van der Waals surface area contributed by atoms with Gasteiger partial charge in [-0.15, -0.1) is 0 Å².